The second-order valence-corrected chi connectivity index (χ2v) is 7.43. The van der Waals surface area contributed by atoms with E-state index in [4.69, 9.17) is 21.7 Å². The number of carbonyl (C=O) groups is 1. The molecule has 1 aromatic carbocycles. The van der Waals surface area contributed by atoms with Crippen molar-refractivity contribution in [1.82, 2.24) is 9.88 Å². The summed E-state index contributed by atoms with van der Waals surface area (Å²) in [5.41, 5.74) is 0.945. The summed E-state index contributed by atoms with van der Waals surface area (Å²) in [5, 5.41) is 2.67. The molecule has 0 N–H and O–H groups in total. The maximum atomic E-state index is 12.6. The molecule has 4 rings (SSSR count). The Hall–Kier alpha value is -1.90. The molecule has 5 nitrogen and oxygen atoms in total. The second kappa shape index (κ2) is 5.95. The third-order valence-corrected chi connectivity index (χ3v) is 5.46. The van der Waals surface area contributed by atoms with E-state index in [1.165, 1.54) is 23.1 Å². The van der Waals surface area contributed by atoms with Gasteiger partial charge in [0.1, 0.15) is 9.33 Å². The molecule has 116 valence electrons. The topological polar surface area (TPSA) is 51.7 Å². The lowest BCUT2D eigenvalue weighted by molar-refractivity contribution is -0.122. The number of nitrogens with zero attached hydrogens (tertiary/aromatic N) is 2. The Morgan fingerprint density at radius 3 is 3.04 bits per heavy atom. The Labute approximate surface area is 145 Å². The summed E-state index contributed by atoms with van der Waals surface area (Å²) in [6.45, 7) is 0.646. The van der Waals surface area contributed by atoms with Gasteiger partial charge in [0, 0.05) is 11.6 Å². The molecule has 1 saturated heterocycles. The highest BCUT2D eigenvalue weighted by Gasteiger charge is 2.32. The average Bonchev–Trinajstić information content (AvgIpc) is 3.25. The van der Waals surface area contributed by atoms with E-state index >= 15 is 0 Å². The molecule has 1 amide bonds. The lowest BCUT2D eigenvalue weighted by Crippen LogP contribution is -2.27. The Kier molecular flexibility index (Phi) is 3.80. The molecule has 0 radical (unpaired) electrons. The van der Waals surface area contributed by atoms with E-state index in [1.54, 1.807) is 17.2 Å². The molecule has 0 saturated carbocycles. The molecule has 0 atom stereocenters. The van der Waals surface area contributed by atoms with Gasteiger partial charge in [-0.15, -0.1) is 11.3 Å². The Bertz CT molecular complexity index is 817. The molecular weight excluding hydrogens is 352 g/mol. The molecule has 1 fully saturated rings. The van der Waals surface area contributed by atoms with Crippen LogP contribution in [0.5, 0.6) is 11.5 Å². The number of rotatable bonds is 3. The van der Waals surface area contributed by atoms with Gasteiger partial charge in [-0.05, 0) is 23.8 Å². The van der Waals surface area contributed by atoms with Crippen LogP contribution >= 0.6 is 35.3 Å². The number of amides is 1. The minimum absolute atomic E-state index is 0.0899. The van der Waals surface area contributed by atoms with Gasteiger partial charge in [0.2, 0.25) is 6.79 Å². The van der Waals surface area contributed by atoms with Crippen LogP contribution in [0, 0.1) is 0 Å². The molecule has 0 aliphatic carbocycles. The number of benzene rings is 1. The summed E-state index contributed by atoms with van der Waals surface area (Å²) < 4.78 is 11.2. The van der Waals surface area contributed by atoms with E-state index < -0.39 is 0 Å². The first-order valence-corrected chi connectivity index (χ1v) is 8.84. The fourth-order valence-electron chi connectivity index (χ4n) is 2.28. The third kappa shape index (κ3) is 2.85. The Morgan fingerprint density at radius 1 is 1.35 bits per heavy atom. The molecule has 8 heteroatoms. The van der Waals surface area contributed by atoms with E-state index in [0.29, 0.717) is 21.5 Å². The average molecular weight is 362 g/mol. The highest BCUT2D eigenvalue weighted by Crippen LogP contribution is 2.36. The van der Waals surface area contributed by atoms with E-state index in [9.17, 15) is 4.79 Å². The first-order valence-electron chi connectivity index (χ1n) is 6.74. The smallest absolute Gasteiger partial charge is 0.266 e. The van der Waals surface area contributed by atoms with Crippen LogP contribution in [0.15, 0.2) is 34.7 Å². The van der Waals surface area contributed by atoms with E-state index in [-0.39, 0.29) is 12.7 Å². The molecule has 0 spiro atoms. The number of ether oxygens (including phenoxy) is 2. The van der Waals surface area contributed by atoms with Crippen LogP contribution < -0.4 is 9.47 Å². The minimum atomic E-state index is -0.0899. The van der Waals surface area contributed by atoms with Crippen LogP contribution in [0.25, 0.3) is 6.08 Å². The SMILES string of the molecule is O=C1/C(=C/c2nccs2)SC(=S)N1Cc1ccc2c(c1)OCO2. The summed E-state index contributed by atoms with van der Waals surface area (Å²) in [7, 11) is 0. The van der Waals surface area contributed by atoms with Gasteiger partial charge in [0.05, 0.1) is 11.4 Å². The normalized spacial score (nSPS) is 18.3. The van der Waals surface area contributed by atoms with Gasteiger partial charge >= 0.3 is 0 Å². The number of thiocarbonyl (C=S) groups is 1. The quantitative estimate of drug-likeness (QED) is 0.617. The number of hydrogen-bond donors (Lipinski definition) is 0. The molecule has 23 heavy (non-hydrogen) atoms. The van der Waals surface area contributed by atoms with E-state index in [1.807, 2.05) is 23.6 Å². The number of fused-ring (bicyclic) bond motifs is 1. The number of carbonyl (C=O) groups excluding carboxylic acids is 1. The maximum absolute atomic E-state index is 12.6. The van der Waals surface area contributed by atoms with E-state index in [2.05, 4.69) is 4.98 Å². The molecule has 2 aliphatic rings. The largest absolute Gasteiger partial charge is 0.454 e. The standard InChI is InChI=1S/C15H10N2O3S3/c18-14-12(6-13-16-3-4-22-13)23-15(21)17(14)7-9-1-2-10-11(5-9)20-8-19-10/h1-6H,7-8H2/b12-6-. The van der Waals surface area contributed by atoms with Crippen LogP contribution in [-0.4, -0.2) is 26.9 Å². The molecule has 0 bridgehead atoms. The monoisotopic (exact) mass is 362 g/mol. The van der Waals surface area contributed by atoms with Crippen LogP contribution in [0.3, 0.4) is 0 Å². The van der Waals surface area contributed by atoms with Crippen molar-refractivity contribution in [2.75, 3.05) is 6.79 Å². The molecule has 0 unspecified atom stereocenters. The maximum Gasteiger partial charge on any atom is 0.266 e. The van der Waals surface area contributed by atoms with Crippen molar-refractivity contribution in [2.45, 2.75) is 6.54 Å². The molecule has 3 heterocycles. The summed E-state index contributed by atoms with van der Waals surface area (Å²) in [4.78, 5) is 18.9. The summed E-state index contributed by atoms with van der Waals surface area (Å²) >= 11 is 8.13. The lowest BCUT2D eigenvalue weighted by Gasteiger charge is -2.14. The fraction of sp³-hybridized carbons (Fsp3) is 0.133. The number of aromatic nitrogens is 1. The molecular formula is C15H10N2O3S3. The van der Waals surface area contributed by atoms with Gasteiger partial charge in [-0.25, -0.2) is 4.98 Å². The number of thiazole rings is 1. The predicted molar refractivity (Wildman–Crippen MR) is 93.4 cm³/mol. The van der Waals surface area contributed by atoms with Crippen LogP contribution in [0.1, 0.15) is 10.6 Å². The third-order valence-electron chi connectivity index (χ3n) is 3.36. The molecule has 2 aromatic rings. The fourth-order valence-corrected chi connectivity index (χ4v) is 4.15. The van der Waals surface area contributed by atoms with Crippen molar-refractivity contribution in [2.24, 2.45) is 0 Å². The van der Waals surface area contributed by atoms with Crippen molar-refractivity contribution in [3.63, 3.8) is 0 Å². The van der Waals surface area contributed by atoms with Crippen molar-refractivity contribution >= 4 is 51.6 Å². The van der Waals surface area contributed by atoms with Gasteiger partial charge in [0.15, 0.2) is 11.5 Å². The predicted octanol–water partition coefficient (Wildman–Crippen LogP) is 3.27. The van der Waals surface area contributed by atoms with Crippen LogP contribution in [0.2, 0.25) is 0 Å². The van der Waals surface area contributed by atoms with Gasteiger partial charge in [-0.2, -0.15) is 0 Å². The van der Waals surface area contributed by atoms with Crippen LogP contribution in [0.4, 0.5) is 0 Å². The highest BCUT2D eigenvalue weighted by molar-refractivity contribution is 8.26. The summed E-state index contributed by atoms with van der Waals surface area (Å²) in [6.07, 6.45) is 3.49. The van der Waals surface area contributed by atoms with E-state index in [0.717, 1.165) is 16.3 Å². The second-order valence-electron chi connectivity index (χ2n) is 4.83. The zero-order valence-electron chi connectivity index (χ0n) is 11.7. The van der Waals surface area contributed by atoms with Gasteiger partial charge in [-0.1, -0.05) is 30.0 Å². The Balaban J connectivity index is 1.55. The zero-order chi connectivity index (χ0) is 15.8. The van der Waals surface area contributed by atoms with Gasteiger partial charge in [0.25, 0.3) is 5.91 Å². The summed E-state index contributed by atoms with van der Waals surface area (Å²) in [6, 6.07) is 5.64. The van der Waals surface area contributed by atoms with Gasteiger partial charge < -0.3 is 9.47 Å². The summed E-state index contributed by atoms with van der Waals surface area (Å²) in [5.74, 6) is 1.34. The number of hydrogen-bond acceptors (Lipinski definition) is 7. The first kappa shape index (κ1) is 14.7. The van der Waals surface area contributed by atoms with Gasteiger partial charge in [-0.3, -0.25) is 9.69 Å². The van der Waals surface area contributed by atoms with Crippen molar-refractivity contribution in [3.8, 4) is 11.5 Å². The van der Waals surface area contributed by atoms with Crippen molar-refractivity contribution < 1.29 is 14.3 Å². The zero-order valence-corrected chi connectivity index (χ0v) is 14.2. The Morgan fingerprint density at radius 2 is 2.22 bits per heavy atom. The van der Waals surface area contributed by atoms with Crippen molar-refractivity contribution in [1.29, 1.82) is 0 Å². The van der Waals surface area contributed by atoms with Crippen LogP contribution in [-0.2, 0) is 11.3 Å². The first-order chi connectivity index (χ1) is 11.2. The lowest BCUT2D eigenvalue weighted by atomic mass is 10.2. The number of thioether (sulfide) groups is 1. The highest BCUT2D eigenvalue weighted by atomic mass is 32.2. The molecule has 2 aliphatic heterocycles. The van der Waals surface area contributed by atoms with Crippen molar-refractivity contribution in [3.05, 3.63) is 45.3 Å². The molecule has 1 aromatic heterocycles. The minimum Gasteiger partial charge on any atom is -0.454 e.